The van der Waals surface area contributed by atoms with E-state index < -0.39 is 0 Å². The summed E-state index contributed by atoms with van der Waals surface area (Å²) in [7, 11) is 1.94. The number of rotatable bonds is 5. The van der Waals surface area contributed by atoms with Crippen molar-refractivity contribution in [3.05, 3.63) is 30.1 Å². The first kappa shape index (κ1) is 24.0. The zero-order valence-electron chi connectivity index (χ0n) is 16.1. The zero-order chi connectivity index (χ0) is 17.8. The molecule has 2 aliphatic rings. The SMILES string of the molecule is CNCC1CCCN1C(=O)C(C)N1CCN(c2ccc(F)cc2)CC1.Cl.Cl. The maximum atomic E-state index is 13.1. The number of benzene rings is 1. The van der Waals surface area contributed by atoms with Crippen LogP contribution in [0.4, 0.5) is 10.1 Å². The average Bonchev–Trinajstić information content (AvgIpc) is 3.10. The number of halogens is 3. The van der Waals surface area contributed by atoms with Crippen LogP contribution in [0.1, 0.15) is 19.8 Å². The number of hydrogen-bond donors (Lipinski definition) is 1. The molecule has 5 nitrogen and oxygen atoms in total. The summed E-state index contributed by atoms with van der Waals surface area (Å²) >= 11 is 0. The van der Waals surface area contributed by atoms with Crippen molar-refractivity contribution in [3.63, 3.8) is 0 Å². The summed E-state index contributed by atoms with van der Waals surface area (Å²) in [5.41, 5.74) is 1.05. The Balaban J connectivity index is 0.00000182. The summed E-state index contributed by atoms with van der Waals surface area (Å²) in [6.45, 7) is 7.22. The topological polar surface area (TPSA) is 38.8 Å². The molecule has 2 atom stereocenters. The summed E-state index contributed by atoms with van der Waals surface area (Å²) in [6.07, 6.45) is 2.20. The normalized spacial score (nSPS) is 21.4. The maximum absolute atomic E-state index is 13.1. The zero-order valence-corrected chi connectivity index (χ0v) is 17.7. The minimum absolute atomic E-state index is 0. The Morgan fingerprint density at radius 1 is 1.15 bits per heavy atom. The smallest absolute Gasteiger partial charge is 0.239 e. The minimum Gasteiger partial charge on any atom is -0.369 e. The van der Waals surface area contributed by atoms with E-state index in [1.165, 1.54) is 12.1 Å². The van der Waals surface area contributed by atoms with Crippen LogP contribution >= 0.6 is 24.8 Å². The van der Waals surface area contributed by atoms with Gasteiger partial charge in [-0.25, -0.2) is 4.39 Å². The monoisotopic (exact) mass is 420 g/mol. The van der Waals surface area contributed by atoms with Crippen LogP contribution in [0.5, 0.6) is 0 Å². The lowest BCUT2D eigenvalue weighted by molar-refractivity contribution is -0.137. The molecule has 2 saturated heterocycles. The van der Waals surface area contributed by atoms with Gasteiger partial charge in [-0.2, -0.15) is 0 Å². The Hall–Kier alpha value is -1.08. The first-order valence-electron chi connectivity index (χ1n) is 9.30. The van der Waals surface area contributed by atoms with Crippen LogP contribution in [0.15, 0.2) is 24.3 Å². The van der Waals surface area contributed by atoms with Gasteiger partial charge in [0.25, 0.3) is 0 Å². The number of nitrogens with one attached hydrogen (secondary N) is 1. The number of hydrogen-bond acceptors (Lipinski definition) is 4. The van der Waals surface area contributed by atoms with E-state index >= 15 is 0 Å². The Labute approximate surface area is 174 Å². The highest BCUT2D eigenvalue weighted by Gasteiger charge is 2.34. The largest absolute Gasteiger partial charge is 0.369 e. The number of amides is 1. The van der Waals surface area contributed by atoms with Crippen LogP contribution in [-0.4, -0.2) is 74.1 Å². The second-order valence-corrected chi connectivity index (χ2v) is 7.06. The summed E-state index contributed by atoms with van der Waals surface area (Å²) in [5.74, 6) is 0.0522. The van der Waals surface area contributed by atoms with Crippen LogP contribution in [0.25, 0.3) is 0 Å². The molecule has 2 fully saturated rings. The molecule has 0 saturated carbocycles. The Bertz CT molecular complexity index is 582. The van der Waals surface area contributed by atoms with Crippen molar-refractivity contribution >= 4 is 36.4 Å². The van der Waals surface area contributed by atoms with Crippen molar-refractivity contribution < 1.29 is 9.18 Å². The van der Waals surface area contributed by atoms with Gasteiger partial charge in [-0.15, -0.1) is 24.8 Å². The van der Waals surface area contributed by atoms with Gasteiger partial charge in [0.15, 0.2) is 0 Å². The molecule has 2 unspecified atom stereocenters. The molecule has 8 heteroatoms. The average molecular weight is 421 g/mol. The predicted molar refractivity (Wildman–Crippen MR) is 113 cm³/mol. The highest BCUT2D eigenvalue weighted by atomic mass is 35.5. The number of anilines is 1. The highest BCUT2D eigenvalue weighted by molar-refractivity contribution is 5.85. The Kier molecular flexibility index (Phi) is 9.81. The number of likely N-dealkylation sites (N-methyl/N-ethyl adjacent to an activating group) is 1. The van der Waals surface area contributed by atoms with Gasteiger partial charge in [0, 0.05) is 51.0 Å². The third-order valence-corrected chi connectivity index (χ3v) is 5.51. The van der Waals surface area contributed by atoms with Crippen molar-refractivity contribution in [2.24, 2.45) is 0 Å². The van der Waals surface area contributed by atoms with Crippen LogP contribution < -0.4 is 10.2 Å². The molecular formula is C19H31Cl2FN4O. The Morgan fingerprint density at radius 2 is 1.78 bits per heavy atom. The molecule has 3 rings (SSSR count). The molecule has 0 bridgehead atoms. The molecular weight excluding hydrogens is 390 g/mol. The van der Waals surface area contributed by atoms with Crippen molar-refractivity contribution in [2.45, 2.75) is 31.8 Å². The van der Waals surface area contributed by atoms with E-state index in [1.54, 1.807) is 0 Å². The van der Waals surface area contributed by atoms with Crippen LogP contribution in [0, 0.1) is 5.82 Å². The van der Waals surface area contributed by atoms with Gasteiger partial charge >= 0.3 is 0 Å². The molecule has 1 N–H and O–H groups in total. The van der Waals surface area contributed by atoms with Gasteiger partial charge in [-0.05, 0) is 51.1 Å². The third-order valence-electron chi connectivity index (χ3n) is 5.51. The quantitative estimate of drug-likeness (QED) is 0.793. The van der Waals surface area contributed by atoms with E-state index in [9.17, 15) is 9.18 Å². The first-order chi connectivity index (χ1) is 12.1. The first-order valence-corrected chi connectivity index (χ1v) is 9.30. The summed E-state index contributed by atoms with van der Waals surface area (Å²) in [6, 6.07) is 6.91. The predicted octanol–water partition coefficient (Wildman–Crippen LogP) is 2.39. The van der Waals surface area contributed by atoms with E-state index in [1.807, 2.05) is 26.1 Å². The fourth-order valence-electron chi connectivity index (χ4n) is 3.99. The van der Waals surface area contributed by atoms with Crippen molar-refractivity contribution in [1.82, 2.24) is 15.1 Å². The fraction of sp³-hybridized carbons (Fsp3) is 0.632. The van der Waals surface area contributed by atoms with Gasteiger partial charge < -0.3 is 15.1 Å². The van der Waals surface area contributed by atoms with E-state index in [2.05, 4.69) is 20.0 Å². The second-order valence-electron chi connectivity index (χ2n) is 7.06. The van der Waals surface area contributed by atoms with Crippen LogP contribution in [0.2, 0.25) is 0 Å². The summed E-state index contributed by atoms with van der Waals surface area (Å²) < 4.78 is 13.1. The third kappa shape index (κ3) is 5.70. The van der Waals surface area contributed by atoms with Crippen molar-refractivity contribution in [1.29, 1.82) is 0 Å². The summed E-state index contributed by atoms with van der Waals surface area (Å²) in [5, 5.41) is 3.20. The lowest BCUT2D eigenvalue weighted by Gasteiger charge is -2.40. The number of likely N-dealkylation sites (tertiary alicyclic amines) is 1. The molecule has 0 spiro atoms. The number of piperazine rings is 1. The van der Waals surface area contributed by atoms with Gasteiger partial charge in [0.2, 0.25) is 5.91 Å². The fourth-order valence-corrected chi connectivity index (χ4v) is 3.99. The van der Waals surface area contributed by atoms with E-state index in [4.69, 9.17) is 0 Å². The molecule has 1 aromatic rings. The molecule has 2 aliphatic heterocycles. The second kappa shape index (κ2) is 11.1. The number of carbonyl (C=O) groups is 1. The van der Waals surface area contributed by atoms with Crippen LogP contribution in [-0.2, 0) is 4.79 Å². The number of carbonyl (C=O) groups excluding carboxylic acids is 1. The highest BCUT2D eigenvalue weighted by Crippen LogP contribution is 2.21. The summed E-state index contributed by atoms with van der Waals surface area (Å²) in [4.78, 5) is 19.5. The molecule has 0 aromatic heterocycles. The molecule has 154 valence electrons. The van der Waals surface area contributed by atoms with Gasteiger partial charge in [0.1, 0.15) is 5.82 Å². The molecule has 2 heterocycles. The standard InChI is InChI=1S/C19H29FN4O.2ClH/c1-15(19(25)24-9-3-4-18(24)14-21-2)22-10-12-23(13-11-22)17-7-5-16(20)6-8-17;;/h5-8,15,18,21H,3-4,9-14H2,1-2H3;2*1H. The maximum Gasteiger partial charge on any atom is 0.239 e. The van der Waals surface area contributed by atoms with Crippen LogP contribution in [0.3, 0.4) is 0 Å². The lowest BCUT2D eigenvalue weighted by Crippen LogP contribution is -2.55. The van der Waals surface area contributed by atoms with E-state index in [-0.39, 0.29) is 42.6 Å². The van der Waals surface area contributed by atoms with Gasteiger partial charge in [-0.3, -0.25) is 9.69 Å². The van der Waals surface area contributed by atoms with Crippen molar-refractivity contribution in [3.8, 4) is 0 Å². The molecule has 0 radical (unpaired) electrons. The van der Waals surface area contributed by atoms with Gasteiger partial charge in [-0.1, -0.05) is 0 Å². The minimum atomic E-state index is -0.205. The molecule has 1 amide bonds. The van der Waals surface area contributed by atoms with E-state index in [0.717, 1.165) is 57.8 Å². The molecule has 27 heavy (non-hydrogen) atoms. The lowest BCUT2D eigenvalue weighted by atomic mass is 10.1. The molecule has 1 aromatic carbocycles. The van der Waals surface area contributed by atoms with E-state index in [0.29, 0.717) is 6.04 Å². The van der Waals surface area contributed by atoms with Crippen molar-refractivity contribution in [2.75, 3.05) is 51.2 Å². The number of nitrogens with zero attached hydrogens (tertiary/aromatic N) is 3. The molecule has 0 aliphatic carbocycles. The van der Waals surface area contributed by atoms with Gasteiger partial charge in [0.05, 0.1) is 6.04 Å². The Morgan fingerprint density at radius 3 is 2.37 bits per heavy atom.